The molecule has 0 saturated carbocycles. The van der Waals surface area contributed by atoms with Gasteiger partial charge in [0.1, 0.15) is 0 Å². The Hall–Kier alpha value is -1.42. The largest absolute Gasteiger partial charge is 0.477 e. The molecule has 0 fully saturated rings. The molecule has 4 heteroatoms. The van der Waals surface area contributed by atoms with Gasteiger partial charge in [0, 0.05) is 12.7 Å². The van der Waals surface area contributed by atoms with Gasteiger partial charge in [0.05, 0.1) is 0 Å². The highest BCUT2D eigenvalue weighted by Gasteiger charge is 2.13. The van der Waals surface area contributed by atoms with Gasteiger partial charge in [-0.2, -0.15) is 0 Å². The number of aromatic nitrogens is 1. The van der Waals surface area contributed by atoms with E-state index in [9.17, 15) is 4.79 Å². The van der Waals surface area contributed by atoms with E-state index in [0.717, 1.165) is 44.3 Å². The second-order valence-corrected chi connectivity index (χ2v) is 4.80. The quantitative estimate of drug-likeness (QED) is 0.744. The normalized spacial score (nSPS) is 10.9. The van der Waals surface area contributed by atoms with Crippen molar-refractivity contribution >= 4 is 5.97 Å². The van der Waals surface area contributed by atoms with E-state index in [1.807, 2.05) is 6.07 Å². The fourth-order valence-corrected chi connectivity index (χ4v) is 2.03. The van der Waals surface area contributed by atoms with Gasteiger partial charge >= 0.3 is 5.97 Å². The van der Waals surface area contributed by atoms with Crippen LogP contribution in [-0.4, -0.2) is 34.0 Å². The van der Waals surface area contributed by atoms with Crippen molar-refractivity contribution in [1.82, 2.24) is 9.88 Å². The van der Waals surface area contributed by atoms with Crippen LogP contribution in [0.3, 0.4) is 0 Å². The zero-order valence-corrected chi connectivity index (χ0v) is 11.9. The highest BCUT2D eigenvalue weighted by atomic mass is 16.4. The van der Waals surface area contributed by atoms with Gasteiger partial charge < -0.3 is 5.11 Å². The predicted octanol–water partition coefficient (Wildman–Crippen LogP) is 3.18. The summed E-state index contributed by atoms with van der Waals surface area (Å²) in [6.07, 6.45) is 6.14. The Bertz CT molecular complexity index is 385. The summed E-state index contributed by atoms with van der Waals surface area (Å²) in [6, 6.07) is 3.67. The lowest BCUT2D eigenvalue weighted by Crippen LogP contribution is -2.26. The topological polar surface area (TPSA) is 53.4 Å². The number of carboxylic acid groups (broad SMARTS) is 1. The first-order valence-electron chi connectivity index (χ1n) is 7.08. The summed E-state index contributed by atoms with van der Waals surface area (Å²) >= 11 is 0. The van der Waals surface area contributed by atoms with Gasteiger partial charge in [0.2, 0.25) is 0 Å². The van der Waals surface area contributed by atoms with E-state index in [1.165, 1.54) is 6.20 Å². The Labute approximate surface area is 115 Å². The van der Waals surface area contributed by atoms with E-state index in [0.29, 0.717) is 6.54 Å². The molecule has 0 aromatic carbocycles. The number of pyridine rings is 1. The molecule has 0 aliphatic heterocycles. The molecule has 0 radical (unpaired) electrons. The summed E-state index contributed by atoms with van der Waals surface area (Å²) in [5.74, 6) is -0.943. The standard InChI is InChI=1S/C15H24N2O2/c1-3-5-10-17(11-6-4-2)12-13-8-7-9-16-14(13)15(18)19/h7-9H,3-6,10-12H2,1-2H3,(H,18,19). The summed E-state index contributed by atoms with van der Waals surface area (Å²) < 4.78 is 0. The molecule has 4 nitrogen and oxygen atoms in total. The van der Waals surface area contributed by atoms with Crippen LogP contribution in [0, 0.1) is 0 Å². The van der Waals surface area contributed by atoms with E-state index in [4.69, 9.17) is 5.11 Å². The number of carboxylic acids is 1. The lowest BCUT2D eigenvalue weighted by molar-refractivity contribution is 0.0687. The van der Waals surface area contributed by atoms with Crippen molar-refractivity contribution in [2.45, 2.75) is 46.1 Å². The SMILES string of the molecule is CCCCN(CCCC)Cc1cccnc1C(=O)O. The Morgan fingerprint density at radius 2 is 1.89 bits per heavy atom. The number of hydrogen-bond acceptors (Lipinski definition) is 3. The van der Waals surface area contributed by atoms with Crippen molar-refractivity contribution < 1.29 is 9.90 Å². The molecule has 1 aromatic rings. The molecule has 0 unspecified atom stereocenters. The van der Waals surface area contributed by atoms with E-state index in [1.54, 1.807) is 6.07 Å². The number of rotatable bonds is 9. The van der Waals surface area contributed by atoms with Gasteiger partial charge in [-0.1, -0.05) is 32.8 Å². The molecule has 1 N–H and O–H groups in total. The zero-order valence-electron chi connectivity index (χ0n) is 11.9. The van der Waals surface area contributed by atoms with Crippen LogP contribution in [-0.2, 0) is 6.54 Å². The third kappa shape index (κ3) is 5.39. The van der Waals surface area contributed by atoms with Crippen LogP contribution in [0.1, 0.15) is 55.6 Å². The summed E-state index contributed by atoms with van der Waals surface area (Å²) in [5, 5.41) is 9.15. The molecule has 0 spiro atoms. The first-order chi connectivity index (χ1) is 9.19. The summed E-state index contributed by atoms with van der Waals surface area (Å²) in [7, 11) is 0. The van der Waals surface area contributed by atoms with Crippen molar-refractivity contribution in [3.63, 3.8) is 0 Å². The van der Waals surface area contributed by atoms with Crippen molar-refractivity contribution in [2.24, 2.45) is 0 Å². The molecular formula is C15H24N2O2. The monoisotopic (exact) mass is 264 g/mol. The maximum absolute atomic E-state index is 11.2. The maximum Gasteiger partial charge on any atom is 0.354 e. The number of carbonyl (C=O) groups is 1. The Morgan fingerprint density at radius 1 is 1.26 bits per heavy atom. The fourth-order valence-electron chi connectivity index (χ4n) is 2.03. The highest BCUT2D eigenvalue weighted by molar-refractivity contribution is 5.86. The molecule has 19 heavy (non-hydrogen) atoms. The first-order valence-corrected chi connectivity index (χ1v) is 7.08. The highest BCUT2D eigenvalue weighted by Crippen LogP contribution is 2.11. The third-order valence-corrected chi connectivity index (χ3v) is 3.14. The smallest absolute Gasteiger partial charge is 0.354 e. The number of hydrogen-bond donors (Lipinski definition) is 1. The van der Waals surface area contributed by atoms with E-state index >= 15 is 0 Å². The van der Waals surface area contributed by atoms with Gasteiger partial charge in [-0.15, -0.1) is 0 Å². The molecular weight excluding hydrogens is 240 g/mol. The molecule has 1 aromatic heterocycles. The second-order valence-electron chi connectivity index (χ2n) is 4.80. The van der Waals surface area contributed by atoms with E-state index in [-0.39, 0.29) is 5.69 Å². The molecule has 0 saturated heterocycles. The molecule has 1 rings (SSSR count). The van der Waals surface area contributed by atoms with Crippen molar-refractivity contribution in [3.05, 3.63) is 29.6 Å². The van der Waals surface area contributed by atoms with Crippen molar-refractivity contribution in [3.8, 4) is 0 Å². The molecule has 0 atom stereocenters. The minimum Gasteiger partial charge on any atom is -0.477 e. The molecule has 0 bridgehead atoms. The number of aromatic carboxylic acids is 1. The molecule has 0 aliphatic carbocycles. The predicted molar refractivity (Wildman–Crippen MR) is 76.3 cm³/mol. The Balaban J connectivity index is 2.74. The van der Waals surface area contributed by atoms with E-state index in [2.05, 4.69) is 23.7 Å². The second kappa shape index (κ2) is 8.64. The number of unbranched alkanes of at least 4 members (excludes halogenated alkanes) is 2. The Kier molecular flexibility index (Phi) is 7.11. The summed E-state index contributed by atoms with van der Waals surface area (Å²) in [5.41, 5.74) is 0.989. The van der Waals surface area contributed by atoms with Crippen LogP contribution in [0.15, 0.2) is 18.3 Å². The number of nitrogens with zero attached hydrogens (tertiary/aromatic N) is 2. The first kappa shape index (κ1) is 15.6. The average Bonchev–Trinajstić information content (AvgIpc) is 2.42. The van der Waals surface area contributed by atoms with Crippen LogP contribution in [0.25, 0.3) is 0 Å². The van der Waals surface area contributed by atoms with Gasteiger partial charge in [-0.3, -0.25) is 4.90 Å². The van der Waals surface area contributed by atoms with Crippen LogP contribution in [0.4, 0.5) is 0 Å². The molecule has 0 amide bonds. The molecule has 106 valence electrons. The minimum absolute atomic E-state index is 0.181. The van der Waals surface area contributed by atoms with Gasteiger partial charge in [0.15, 0.2) is 5.69 Å². The fraction of sp³-hybridized carbons (Fsp3) is 0.600. The van der Waals surface area contributed by atoms with Crippen molar-refractivity contribution in [1.29, 1.82) is 0 Å². The minimum atomic E-state index is -0.943. The lowest BCUT2D eigenvalue weighted by Gasteiger charge is -2.22. The Morgan fingerprint density at radius 3 is 2.42 bits per heavy atom. The lowest BCUT2D eigenvalue weighted by atomic mass is 10.1. The third-order valence-electron chi connectivity index (χ3n) is 3.14. The van der Waals surface area contributed by atoms with Crippen LogP contribution in [0.2, 0.25) is 0 Å². The van der Waals surface area contributed by atoms with Crippen molar-refractivity contribution in [2.75, 3.05) is 13.1 Å². The van der Waals surface area contributed by atoms with Gasteiger partial charge in [-0.25, -0.2) is 9.78 Å². The van der Waals surface area contributed by atoms with Crippen LogP contribution < -0.4 is 0 Å². The van der Waals surface area contributed by atoms with Gasteiger partial charge in [-0.05, 0) is 37.6 Å². The van der Waals surface area contributed by atoms with Crippen LogP contribution >= 0.6 is 0 Å². The zero-order chi connectivity index (χ0) is 14.1. The van der Waals surface area contributed by atoms with Crippen LogP contribution in [0.5, 0.6) is 0 Å². The molecule has 0 aliphatic rings. The maximum atomic E-state index is 11.2. The molecule has 1 heterocycles. The van der Waals surface area contributed by atoms with E-state index < -0.39 is 5.97 Å². The van der Waals surface area contributed by atoms with Gasteiger partial charge in [0.25, 0.3) is 0 Å². The average molecular weight is 264 g/mol. The summed E-state index contributed by atoms with van der Waals surface area (Å²) in [4.78, 5) is 17.4. The summed E-state index contributed by atoms with van der Waals surface area (Å²) in [6.45, 7) is 7.06.